The van der Waals surface area contributed by atoms with Crippen molar-refractivity contribution >= 4 is 37.5 Å². The summed E-state index contributed by atoms with van der Waals surface area (Å²) in [6.07, 6.45) is 7.68. The second kappa shape index (κ2) is 10.1. The van der Waals surface area contributed by atoms with Crippen LogP contribution in [0.3, 0.4) is 0 Å². The van der Waals surface area contributed by atoms with Gasteiger partial charge in [0.1, 0.15) is 5.75 Å². The van der Waals surface area contributed by atoms with Crippen molar-refractivity contribution in [3.63, 3.8) is 0 Å². The zero-order valence-corrected chi connectivity index (χ0v) is 20.9. The summed E-state index contributed by atoms with van der Waals surface area (Å²) in [7, 11) is -2.19. The Bertz CT molecular complexity index is 1410. The molecule has 1 fully saturated rings. The quantitative estimate of drug-likeness (QED) is 0.489. The number of amides is 1. The summed E-state index contributed by atoms with van der Waals surface area (Å²) in [6.45, 7) is 2.88. The van der Waals surface area contributed by atoms with Gasteiger partial charge in [-0.05, 0) is 61.2 Å². The van der Waals surface area contributed by atoms with Gasteiger partial charge in [0.15, 0.2) is 4.80 Å². The number of aryl methyl sites for hydroxylation is 1. The Morgan fingerprint density at radius 2 is 2.03 bits per heavy atom. The number of carbonyl (C=O) groups is 1. The van der Waals surface area contributed by atoms with Crippen molar-refractivity contribution in [2.45, 2.75) is 37.6 Å². The van der Waals surface area contributed by atoms with Crippen molar-refractivity contribution in [2.75, 3.05) is 20.2 Å². The Morgan fingerprint density at radius 3 is 2.71 bits per heavy atom. The minimum absolute atomic E-state index is 0.108. The number of nitrogens with zero attached hydrogens (tertiary/aromatic N) is 3. The van der Waals surface area contributed by atoms with Crippen LogP contribution in [0.2, 0.25) is 0 Å². The van der Waals surface area contributed by atoms with Gasteiger partial charge < -0.3 is 9.30 Å². The van der Waals surface area contributed by atoms with Crippen LogP contribution in [-0.2, 0) is 27.8 Å². The molecule has 2 heterocycles. The highest BCUT2D eigenvalue weighted by Crippen LogP contribution is 2.26. The third-order valence-corrected chi connectivity index (χ3v) is 8.96. The van der Waals surface area contributed by atoms with E-state index in [-0.39, 0.29) is 17.3 Å². The van der Waals surface area contributed by atoms with Gasteiger partial charge in [-0.2, -0.15) is 9.30 Å². The summed E-state index contributed by atoms with van der Waals surface area (Å²) in [5.74, 6) is 2.40. The summed E-state index contributed by atoms with van der Waals surface area (Å²) in [5.41, 5.74) is 2.14. The van der Waals surface area contributed by atoms with Crippen molar-refractivity contribution in [1.29, 1.82) is 0 Å². The summed E-state index contributed by atoms with van der Waals surface area (Å²) >= 11 is 1.43. The molecule has 1 aliphatic heterocycles. The highest BCUT2D eigenvalue weighted by molar-refractivity contribution is 7.89. The first-order valence-electron chi connectivity index (χ1n) is 11.2. The molecule has 9 heteroatoms. The Balaban J connectivity index is 1.61. The second-order valence-corrected chi connectivity index (χ2v) is 11.1. The average molecular weight is 498 g/mol. The lowest BCUT2D eigenvalue weighted by atomic mass is 9.99. The Hall–Kier alpha value is -2.93. The van der Waals surface area contributed by atoms with Crippen LogP contribution in [0.5, 0.6) is 5.75 Å². The Morgan fingerprint density at radius 1 is 1.26 bits per heavy atom. The van der Waals surface area contributed by atoms with E-state index in [1.54, 1.807) is 12.1 Å². The van der Waals surface area contributed by atoms with Gasteiger partial charge in [0.25, 0.3) is 5.91 Å². The van der Waals surface area contributed by atoms with E-state index >= 15 is 0 Å². The van der Waals surface area contributed by atoms with Crippen molar-refractivity contribution in [3.05, 3.63) is 52.8 Å². The third-order valence-electron chi connectivity index (χ3n) is 6.04. The standard InChI is InChI=1S/C25H27N3O4S2/c1-4-14-28-22-13-8-18(5-2)16-23(22)33-25(28)26-24(29)19-7-6-15-27(17-19)34(30,31)21-11-9-20(32-3)10-12-21/h1,8-13,16,19H,5-7,14-15,17H2,2-3H3. The monoisotopic (exact) mass is 497 g/mol. The van der Waals surface area contributed by atoms with Crippen molar-refractivity contribution in [1.82, 2.24) is 8.87 Å². The molecule has 0 N–H and O–H groups in total. The van der Waals surface area contributed by atoms with E-state index < -0.39 is 15.9 Å². The molecule has 34 heavy (non-hydrogen) atoms. The van der Waals surface area contributed by atoms with Crippen LogP contribution in [0.25, 0.3) is 10.2 Å². The molecule has 7 nitrogen and oxygen atoms in total. The van der Waals surface area contributed by atoms with Crippen LogP contribution in [-0.4, -0.2) is 43.4 Å². The molecule has 1 atom stereocenters. The minimum atomic E-state index is -3.72. The number of hydrogen-bond donors (Lipinski definition) is 0. The van der Waals surface area contributed by atoms with Crippen LogP contribution in [0.4, 0.5) is 0 Å². The smallest absolute Gasteiger partial charge is 0.252 e. The Kier molecular flexibility index (Phi) is 7.22. The van der Waals surface area contributed by atoms with Crippen molar-refractivity contribution < 1.29 is 17.9 Å². The van der Waals surface area contributed by atoms with Gasteiger partial charge in [-0.3, -0.25) is 4.79 Å². The fourth-order valence-corrected chi connectivity index (χ4v) is 6.73. The maximum Gasteiger partial charge on any atom is 0.252 e. The van der Waals surface area contributed by atoms with E-state index in [1.165, 1.54) is 40.4 Å². The number of ether oxygens (including phenoxy) is 1. The van der Waals surface area contributed by atoms with E-state index in [1.807, 2.05) is 10.6 Å². The largest absolute Gasteiger partial charge is 0.497 e. The first-order valence-corrected chi connectivity index (χ1v) is 13.4. The number of sulfonamides is 1. The first kappa shape index (κ1) is 24.2. The highest BCUT2D eigenvalue weighted by Gasteiger charge is 2.33. The minimum Gasteiger partial charge on any atom is -0.497 e. The summed E-state index contributed by atoms with van der Waals surface area (Å²) in [6, 6.07) is 12.4. The maximum atomic E-state index is 13.2. The van der Waals surface area contributed by atoms with Crippen LogP contribution < -0.4 is 9.54 Å². The molecule has 1 aliphatic rings. The fourth-order valence-electron chi connectivity index (χ4n) is 4.11. The summed E-state index contributed by atoms with van der Waals surface area (Å²) < 4.78 is 35.7. The van der Waals surface area contributed by atoms with Gasteiger partial charge in [-0.1, -0.05) is 30.2 Å². The van der Waals surface area contributed by atoms with E-state index in [4.69, 9.17) is 11.2 Å². The van der Waals surface area contributed by atoms with Crippen molar-refractivity contribution in [2.24, 2.45) is 10.9 Å². The van der Waals surface area contributed by atoms with Gasteiger partial charge in [0, 0.05) is 13.1 Å². The number of aromatic nitrogens is 1. The van der Waals surface area contributed by atoms with Gasteiger partial charge in [-0.25, -0.2) is 8.42 Å². The maximum absolute atomic E-state index is 13.2. The van der Waals surface area contributed by atoms with Crippen LogP contribution in [0.1, 0.15) is 25.3 Å². The molecule has 4 rings (SSSR count). The zero-order valence-electron chi connectivity index (χ0n) is 19.2. The summed E-state index contributed by atoms with van der Waals surface area (Å²) in [5, 5.41) is 0. The molecule has 1 aromatic heterocycles. The molecular formula is C25H27N3O4S2. The molecule has 178 valence electrons. The number of benzene rings is 2. The molecule has 1 amide bonds. The molecule has 0 radical (unpaired) electrons. The molecule has 1 unspecified atom stereocenters. The number of piperidine rings is 1. The second-order valence-electron chi connectivity index (χ2n) is 8.16. The molecule has 1 saturated heterocycles. The van der Waals surface area contributed by atoms with Crippen LogP contribution in [0.15, 0.2) is 52.4 Å². The molecule has 0 saturated carbocycles. The van der Waals surface area contributed by atoms with Gasteiger partial charge >= 0.3 is 0 Å². The van der Waals surface area contributed by atoms with Gasteiger partial charge in [0.2, 0.25) is 10.0 Å². The van der Waals surface area contributed by atoms with E-state index in [9.17, 15) is 13.2 Å². The average Bonchev–Trinajstić information content (AvgIpc) is 3.20. The lowest BCUT2D eigenvalue weighted by Gasteiger charge is -2.30. The fraction of sp³-hybridized carbons (Fsp3) is 0.360. The van der Waals surface area contributed by atoms with E-state index in [2.05, 4.69) is 30.0 Å². The lowest BCUT2D eigenvalue weighted by Crippen LogP contribution is -2.42. The number of rotatable bonds is 6. The van der Waals surface area contributed by atoms with Crippen LogP contribution >= 0.6 is 11.3 Å². The normalized spacial score (nSPS) is 17.6. The SMILES string of the molecule is C#CCn1c(=NC(=O)C2CCCN(S(=O)(=O)c3ccc(OC)cc3)C2)sc2cc(CC)ccc21. The molecule has 0 aliphatic carbocycles. The summed E-state index contributed by atoms with van der Waals surface area (Å²) in [4.78, 5) is 18.3. The van der Waals surface area contributed by atoms with Crippen LogP contribution in [0, 0.1) is 18.3 Å². The number of hydrogen-bond acceptors (Lipinski definition) is 5. The Labute approximate surface area is 203 Å². The topological polar surface area (TPSA) is 81.0 Å². The molecule has 0 bridgehead atoms. The van der Waals surface area contributed by atoms with E-state index in [0.29, 0.717) is 36.5 Å². The lowest BCUT2D eigenvalue weighted by molar-refractivity contribution is -0.122. The molecule has 3 aromatic rings. The predicted molar refractivity (Wildman–Crippen MR) is 133 cm³/mol. The number of thiazole rings is 1. The molecule has 2 aromatic carbocycles. The number of terminal acetylenes is 1. The predicted octanol–water partition coefficient (Wildman–Crippen LogP) is 3.44. The van der Waals surface area contributed by atoms with Gasteiger partial charge in [0.05, 0.1) is 34.7 Å². The highest BCUT2D eigenvalue weighted by atomic mass is 32.2. The van der Waals surface area contributed by atoms with Crippen molar-refractivity contribution in [3.8, 4) is 18.1 Å². The molecule has 0 spiro atoms. The number of carbonyl (C=O) groups excluding carboxylic acids is 1. The number of fused-ring (bicyclic) bond motifs is 1. The molecular weight excluding hydrogens is 470 g/mol. The zero-order chi connectivity index (χ0) is 24.3. The third kappa shape index (κ3) is 4.80. The van der Waals surface area contributed by atoms with Gasteiger partial charge in [-0.15, -0.1) is 6.42 Å². The first-order chi connectivity index (χ1) is 16.4. The number of methoxy groups -OCH3 is 1. The van der Waals surface area contributed by atoms with E-state index in [0.717, 1.165) is 16.6 Å².